The molecule has 2 aliphatic rings. The Morgan fingerprint density at radius 3 is 2.38 bits per heavy atom. The zero-order chi connectivity index (χ0) is 22.1. The molecular weight excluding hydrogens is 424 g/mol. The van der Waals surface area contributed by atoms with Crippen LogP contribution in [0.4, 0.5) is 5.88 Å². The second-order valence-electron chi connectivity index (χ2n) is 8.21. The Kier molecular flexibility index (Phi) is 5.45. The van der Waals surface area contributed by atoms with Gasteiger partial charge in [-0.2, -0.15) is 14.6 Å². The van der Waals surface area contributed by atoms with E-state index in [2.05, 4.69) is 22.0 Å². The highest BCUT2D eigenvalue weighted by molar-refractivity contribution is 7.89. The topological polar surface area (TPSA) is 90.4 Å². The van der Waals surface area contributed by atoms with Crippen LogP contribution in [0.3, 0.4) is 0 Å². The first-order valence-electron chi connectivity index (χ1n) is 10.9. The minimum Gasteiger partial charge on any atom is -0.419 e. The van der Waals surface area contributed by atoms with E-state index in [-0.39, 0.29) is 10.6 Å². The molecule has 0 saturated carbocycles. The van der Waals surface area contributed by atoms with Gasteiger partial charge in [0.15, 0.2) is 0 Å². The number of hydrogen-bond acceptors (Lipinski definition) is 6. The highest BCUT2D eigenvalue weighted by Crippen LogP contribution is 2.31. The van der Waals surface area contributed by atoms with Gasteiger partial charge in [0.1, 0.15) is 6.07 Å². The number of sulfonamides is 1. The Bertz CT molecular complexity index is 1270. The molecule has 8 heteroatoms. The molecule has 0 bridgehead atoms. The van der Waals surface area contributed by atoms with Crippen LogP contribution in [0.2, 0.25) is 0 Å². The second-order valence-corrected chi connectivity index (χ2v) is 10.2. The molecule has 32 heavy (non-hydrogen) atoms. The molecule has 0 spiro atoms. The standard InChI is InChI=1S/C24H24N4O3S/c25-16-22-24(27-13-4-1-5-14-27)31-23(26-22)19-8-10-21(11-9-19)32(29,30)28-15-12-18-6-2-3-7-20(18)17-28/h2-3,6-11H,1,4-5,12-15,17H2. The molecule has 0 atom stereocenters. The maximum Gasteiger partial charge on any atom is 0.243 e. The van der Waals surface area contributed by atoms with E-state index < -0.39 is 10.0 Å². The number of aromatic nitrogens is 1. The van der Waals surface area contributed by atoms with Gasteiger partial charge in [0.2, 0.25) is 27.5 Å². The maximum atomic E-state index is 13.2. The van der Waals surface area contributed by atoms with Crippen molar-refractivity contribution in [2.24, 2.45) is 0 Å². The summed E-state index contributed by atoms with van der Waals surface area (Å²) in [4.78, 5) is 6.65. The minimum atomic E-state index is -3.61. The smallest absolute Gasteiger partial charge is 0.243 e. The zero-order valence-electron chi connectivity index (χ0n) is 17.7. The lowest BCUT2D eigenvalue weighted by Crippen LogP contribution is -2.35. The number of rotatable bonds is 4. The van der Waals surface area contributed by atoms with Gasteiger partial charge < -0.3 is 9.32 Å². The Morgan fingerprint density at radius 2 is 1.66 bits per heavy atom. The number of fused-ring (bicyclic) bond motifs is 1. The van der Waals surface area contributed by atoms with Gasteiger partial charge in [-0.15, -0.1) is 0 Å². The van der Waals surface area contributed by atoms with Crippen LogP contribution in [-0.2, 0) is 23.0 Å². The first kappa shape index (κ1) is 20.7. The number of nitriles is 1. The molecule has 1 fully saturated rings. The summed E-state index contributed by atoms with van der Waals surface area (Å²) in [6.07, 6.45) is 4.01. The first-order valence-corrected chi connectivity index (χ1v) is 12.3. The maximum absolute atomic E-state index is 13.2. The van der Waals surface area contributed by atoms with Crippen LogP contribution < -0.4 is 4.90 Å². The minimum absolute atomic E-state index is 0.240. The van der Waals surface area contributed by atoms with Crippen molar-refractivity contribution < 1.29 is 12.8 Å². The number of nitrogens with zero attached hydrogens (tertiary/aromatic N) is 4. The van der Waals surface area contributed by atoms with Crippen molar-refractivity contribution in [3.05, 3.63) is 65.4 Å². The normalized spacial score (nSPS) is 17.0. The van der Waals surface area contributed by atoms with Crippen LogP contribution in [0.1, 0.15) is 36.1 Å². The van der Waals surface area contributed by atoms with Gasteiger partial charge in [-0.05, 0) is 61.1 Å². The fourth-order valence-corrected chi connectivity index (χ4v) is 5.83. The van der Waals surface area contributed by atoms with Gasteiger partial charge in [-0.3, -0.25) is 0 Å². The molecule has 0 radical (unpaired) electrons. The lowest BCUT2D eigenvalue weighted by atomic mass is 10.0. The molecule has 2 aliphatic heterocycles. The van der Waals surface area contributed by atoms with Gasteiger partial charge >= 0.3 is 0 Å². The first-order chi connectivity index (χ1) is 15.6. The van der Waals surface area contributed by atoms with E-state index in [4.69, 9.17) is 4.42 Å². The predicted octanol–water partition coefficient (Wildman–Crippen LogP) is 3.95. The monoisotopic (exact) mass is 448 g/mol. The lowest BCUT2D eigenvalue weighted by molar-refractivity contribution is 0.391. The molecule has 1 saturated heterocycles. The summed E-state index contributed by atoms with van der Waals surface area (Å²) in [6.45, 7) is 2.54. The van der Waals surface area contributed by atoms with Crippen LogP contribution in [0.15, 0.2) is 57.8 Å². The quantitative estimate of drug-likeness (QED) is 0.600. The van der Waals surface area contributed by atoms with Crippen molar-refractivity contribution in [2.75, 3.05) is 24.5 Å². The van der Waals surface area contributed by atoms with Crippen molar-refractivity contribution in [3.63, 3.8) is 0 Å². The molecule has 5 rings (SSSR count). The Morgan fingerprint density at radius 1 is 0.938 bits per heavy atom. The van der Waals surface area contributed by atoms with Crippen molar-refractivity contribution >= 4 is 15.9 Å². The van der Waals surface area contributed by atoms with Gasteiger partial charge in [-0.25, -0.2) is 8.42 Å². The number of piperidine rings is 1. The molecule has 2 aromatic carbocycles. The van der Waals surface area contributed by atoms with E-state index >= 15 is 0 Å². The molecule has 0 N–H and O–H groups in total. The van der Waals surface area contributed by atoms with Crippen molar-refractivity contribution in [3.8, 4) is 17.5 Å². The summed E-state index contributed by atoms with van der Waals surface area (Å²) in [5, 5.41) is 9.49. The molecule has 3 heterocycles. The molecule has 3 aromatic rings. The Hall–Kier alpha value is -3.15. The molecule has 0 aliphatic carbocycles. The second kappa shape index (κ2) is 8.41. The van der Waals surface area contributed by atoms with E-state index in [1.165, 1.54) is 16.3 Å². The van der Waals surface area contributed by atoms with E-state index in [1.54, 1.807) is 24.3 Å². The van der Waals surface area contributed by atoms with Gasteiger partial charge in [0.25, 0.3) is 0 Å². The molecule has 1 aromatic heterocycles. The van der Waals surface area contributed by atoms with E-state index in [0.29, 0.717) is 36.8 Å². The summed E-state index contributed by atoms with van der Waals surface area (Å²) >= 11 is 0. The van der Waals surface area contributed by atoms with Crippen LogP contribution in [-0.4, -0.2) is 37.3 Å². The fraction of sp³-hybridized carbons (Fsp3) is 0.333. The van der Waals surface area contributed by atoms with Crippen LogP contribution in [0, 0.1) is 11.3 Å². The summed E-state index contributed by atoms with van der Waals surface area (Å²) in [5.41, 5.74) is 3.17. The van der Waals surface area contributed by atoms with Crippen molar-refractivity contribution in [1.29, 1.82) is 5.26 Å². The zero-order valence-corrected chi connectivity index (χ0v) is 18.5. The average molecular weight is 449 g/mol. The Balaban J connectivity index is 1.39. The summed E-state index contributed by atoms with van der Waals surface area (Å²) in [7, 11) is -3.61. The van der Waals surface area contributed by atoms with E-state index in [1.807, 2.05) is 18.2 Å². The molecular formula is C24H24N4O3S. The highest BCUT2D eigenvalue weighted by Gasteiger charge is 2.28. The van der Waals surface area contributed by atoms with E-state index in [0.717, 1.165) is 31.5 Å². The molecule has 0 unspecified atom stereocenters. The summed E-state index contributed by atoms with van der Waals surface area (Å²) in [6, 6.07) is 16.6. The molecule has 0 amide bonds. The molecule has 164 valence electrons. The van der Waals surface area contributed by atoms with Crippen molar-refractivity contribution in [1.82, 2.24) is 9.29 Å². The van der Waals surface area contributed by atoms with E-state index in [9.17, 15) is 13.7 Å². The summed E-state index contributed by atoms with van der Waals surface area (Å²) < 4.78 is 33.9. The van der Waals surface area contributed by atoms with Crippen molar-refractivity contribution in [2.45, 2.75) is 37.1 Å². The van der Waals surface area contributed by atoms with Gasteiger partial charge in [-0.1, -0.05) is 24.3 Å². The number of oxazole rings is 1. The third kappa shape index (κ3) is 3.78. The number of anilines is 1. The largest absolute Gasteiger partial charge is 0.419 e. The third-order valence-corrected chi connectivity index (χ3v) is 8.05. The lowest BCUT2D eigenvalue weighted by Gasteiger charge is -2.28. The average Bonchev–Trinajstić information content (AvgIpc) is 3.29. The van der Waals surface area contributed by atoms with Crippen LogP contribution >= 0.6 is 0 Å². The fourth-order valence-electron chi connectivity index (χ4n) is 4.41. The Labute approximate surface area is 188 Å². The number of hydrogen-bond donors (Lipinski definition) is 0. The van der Waals surface area contributed by atoms with Crippen LogP contribution in [0.5, 0.6) is 0 Å². The predicted molar refractivity (Wildman–Crippen MR) is 120 cm³/mol. The SMILES string of the molecule is N#Cc1nc(-c2ccc(S(=O)(=O)N3CCc4ccccc4C3)cc2)oc1N1CCCCC1. The summed E-state index contributed by atoms with van der Waals surface area (Å²) in [5.74, 6) is 0.837. The molecule has 7 nitrogen and oxygen atoms in total. The highest BCUT2D eigenvalue weighted by atomic mass is 32.2. The van der Waals surface area contributed by atoms with Crippen LogP contribution in [0.25, 0.3) is 11.5 Å². The number of benzene rings is 2. The van der Waals surface area contributed by atoms with Gasteiger partial charge in [0, 0.05) is 31.7 Å². The van der Waals surface area contributed by atoms with Gasteiger partial charge in [0.05, 0.1) is 4.90 Å². The third-order valence-electron chi connectivity index (χ3n) is 6.19.